The number of ether oxygens (including phenoxy) is 2. The van der Waals surface area contributed by atoms with Crippen LogP contribution in [-0.2, 0) is 9.47 Å². The Morgan fingerprint density at radius 2 is 2.36 bits per heavy atom. The van der Waals surface area contributed by atoms with Gasteiger partial charge in [-0.2, -0.15) is 0 Å². The number of carbonyl (C=O) groups excluding carboxylic acids is 1. The van der Waals surface area contributed by atoms with Crippen molar-refractivity contribution in [2.75, 3.05) is 26.1 Å². The van der Waals surface area contributed by atoms with Gasteiger partial charge in [0.25, 0.3) is 0 Å². The van der Waals surface area contributed by atoms with E-state index in [2.05, 4.69) is 4.98 Å². The Bertz CT molecular complexity index is 296. The van der Waals surface area contributed by atoms with Gasteiger partial charge in [-0.15, -0.1) is 0 Å². The molecule has 0 bridgehead atoms. The smallest absolute Gasteiger partial charge is 0.354 e. The molecule has 14 heavy (non-hydrogen) atoms. The Labute approximate surface area is 82.2 Å². The second-order valence-corrected chi connectivity index (χ2v) is 2.83. The van der Waals surface area contributed by atoms with E-state index in [9.17, 15) is 4.79 Å². The summed E-state index contributed by atoms with van der Waals surface area (Å²) < 4.78 is 9.75. The van der Waals surface area contributed by atoms with Crippen LogP contribution in [0.5, 0.6) is 0 Å². The first kappa shape index (κ1) is 10.6. The zero-order valence-electron chi connectivity index (χ0n) is 8.08. The molecule has 0 saturated carbocycles. The van der Waals surface area contributed by atoms with Gasteiger partial charge in [0.15, 0.2) is 0 Å². The summed E-state index contributed by atoms with van der Waals surface area (Å²) >= 11 is 0. The number of esters is 1. The van der Waals surface area contributed by atoms with Crippen molar-refractivity contribution in [2.24, 2.45) is 0 Å². The first-order valence-corrected chi connectivity index (χ1v) is 4.34. The first-order chi connectivity index (χ1) is 6.74. The van der Waals surface area contributed by atoms with Crippen molar-refractivity contribution in [1.82, 2.24) is 4.98 Å². The summed E-state index contributed by atoms with van der Waals surface area (Å²) in [5, 5.41) is 0. The fourth-order valence-electron chi connectivity index (χ4n) is 0.975. The number of H-pyrrole nitrogens is 1. The average Bonchev–Trinajstić information content (AvgIpc) is 2.59. The number of nitrogens with two attached hydrogens (primary N) is 1. The summed E-state index contributed by atoms with van der Waals surface area (Å²) in [5.74, 6) is -0.391. The van der Waals surface area contributed by atoms with Crippen molar-refractivity contribution in [1.29, 1.82) is 0 Å². The summed E-state index contributed by atoms with van der Waals surface area (Å²) in [6.07, 6.45) is 2.24. The third-order valence-corrected chi connectivity index (χ3v) is 1.65. The zero-order chi connectivity index (χ0) is 10.4. The Balaban J connectivity index is 2.29. The van der Waals surface area contributed by atoms with Gasteiger partial charge in [0.1, 0.15) is 5.69 Å². The molecule has 1 rings (SSSR count). The molecule has 0 aliphatic rings. The molecule has 0 amide bonds. The molecule has 0 unspecified atom stereocenters. The number of aromatic nitrogens is 1. The monoisotopic (exact) mass is 198 g/mol. The molecule has 1 aromatic heterocycles. The van der Waals surface area contributed by atoms with Gasteiger partial charge in [0.05, 0.1) is 12.3 Å². The van der Waals surface area contributed by atoms with Gasteiger partial charge in [0, 0.05) is 26.3 Å². The van der Waals surface area contributed by atoms with E-state index in [0.717, 1.165) is 0 Å². The lowest BCUT2D eigenvalue weighted by molar-refractivity contribution is 0.0462. The highest BCUT2D eigenvalue weighted by Crippen LogP contribution is 2.05. The number of aromatic amines is 1. The van der Waals surface area contributed by atoms with E-state index >= 15 is 0 Å². The molecule has 0 fully saturated rings. The van der Waals surface area contributed by atoms with Crippen LogP contribution in [0.25, 0.3) is 0 Å². The number of rotatable bonds is 5. The molecule has 3 N–H and O–H groups in total. The minimum atomic E-state index is -0.391. The Kier molecular flexibility index (Phi) is 4.00. The number of carbonyl (C=O) groups is 1. The maximum absolute atomic E-state index is 11.3. The molecule has 1 aromatic rings. The van der Waals surface area contributed by atoms with Gasteiger partial charge < -0.3 is 20.2 Å². The van der Waals surface area contributed by atoms with Crippen LogP contribution >= 0.6 is 0 Å². The van der Waals surface area contributed by atoms with Crippen molar-refractivity contribution < 1.29 is 14.3 Å². The van der Waals surface area contributed by atoms with Gasteiger partial charge in [-0.3, -0.25) is 0 Å². The van der Waals surface area contributed by atoms with Gasteiger partial charge >= 0.3 is 5.97 Å². The second kappa shape index (κ2) is 5.29. The van der Waals surface area contributed by atoms with E-state index in [-0.39, 0.29) is 0 Å². The molecule has 0 aliphatic heterocycles. The highest BCUT2D eigenvalue weighted by Gasteiger charge is 2.08. The van der Waals surface area contributed by atoms with Crippen LogP contribution in [0.15, 0.2) is 12.3 Å². The maximum atomic E-state index is 11.3. The molecule has 1 heterocycles. The molecule has 0 aromatic carbocycles. The largest absolute Gasteiger partial charge is 0.461 e. The van der Waals surface area contributed by atoms with Crippen LogP contribution in [0.2, 0.25) is 0 Å². The molecular formula is C9H14N2O3. The van der Waals surface area contributed by atoms with Crippen LogP contribution < -0.4 is 5.73 Å². The number of hydrogen-bond acceptors (Lipinski definition) is 4. The van der Waals surface area contributed by atoms with E-state index in [1.54, 1.807) is 19.4 Å². The summed E-state index contributed by atoms with van der Waals surface area (Å²) in [6, 6.07) is 1.54. The number of methoxy groups -OCH3 is 1. The van der Waals surface area contributed by atoms with Gasteiger partial charge in [-0.05, 0) is 6.07 Å². The highest BCUT2D eigenvalue weighted by atomic mass is 16.5. The molecule has 78 valence electrons. The molecule has 5 nitrogen and oxygen atoms in total. The third kappa shape index (κ3) is 3.10. The van der Waals surface area contributed by atoms with Crippen LogP contribution in [0.3, 0.4) is 0 Å². The molecular weight excluding hydrogens is 184 g/mol. The summed E-state index contributed by atoms with van der Waals surface area (Å²) in [5.41, 5.74) is 6.33. The van der Waals surface area contributed by atoms with Gasteiger partial charge in [-0.1, -0.05) is 0 Å². The van der Waals surface area contributed by atoms with Crippen molar-refractivity contribution in [2.45, 2.75) is 6.42 Å². The molecule has 5 heteroatoms. The number of nitrogen functional groups attached to an aromatic ring is 1. The fourth-order valence-corrected chi connectivity index (χ4v) is 0.975. The van der Waals surface area contributed by atoms with E-state index in [4.69, 9.17) is 15.2 Å². The molecule has 0 spiro atoms. The van der Waals surface area contributed by atoms with Crippen molar-refractivity contribution >= 4 is 11.7 Å². The van der Waals surface area contributed by atoms with Crippen LogP contribution in [0.4, 0.5) is 5.69 Å². The summed E-state index contributed by atoms with van der Waals surface area (Å²) in [6.45, 7) is 0.936. The number of nitrogens with one attached hydrogen (secondary N) is 1. The minimum absolute atomic E-state index is 0.353. The lowest BCUT2D eigenvalue weighted by Gasteiger charge is -2.01. The SMILES string of the molecule is COCCCOC(=O)c1cc(N)c[nH]1. The normalized spacial score (nSPS) is 10.1. The zero-order valence-corrected chi connectivity index (χ0v) is 8.08. The lowest BCUT2D eigenvalue weighted by Crippen LogP contribution is -2.08. The Morgan fingerprint density at radius 3 is 2.93 bits per heavy atom. The Hall–Kier alpha value is -1.49. The van der Waals surface area contributed by atoms with E-state index in [1.807, 2.05) is 0 Å². The summed E-state index contributed by atoms with van der Waals surface area (Å²) in [7, 11) is 1.60. The van der Waals surface area contributed by atoms with Crippen LogP contribution in [-0.4, -0.2) is 31.3 Å². The van der Waals surface area contributed by atoms with E-state index in [0.29, 0.717) is 31.0 Å². The average molecular weight is 198 g/mol. The molecule has 0 saturated heterocycles. The predicted octanol–water partition coefficient (Wildman–Crippen LogP) is 0.790. The number of anilines is 1. The van der Waals surface area contributed by atoms with Crippen LogP contribution in [0.1, 0.15) is 16.9 Å². The topological polar surface area (TPSA) is 77.3 Å². The fraction of sp³-hybridized carbons (Fsp3) is 0.444. The quantitative estimate of drug-likeness (QED) is 0.541. The third-order valence-electron chi connectivity index (χ3n) is 1.65. The first-order valence-electron chi connectivity index (χ1n) is 4.34. The van der Waals surface area contributed by atoms with Crippen LogP contribution in [0, 0.1) is 0 Å². The Morgan fingerprint density at radius 1 is 1.57 bits per heavy atom. The molecule has 0 atom stereocenters. The predicted molar refractivity (Wildman–Crippen MR) is 52.0 cm³/mol. The van der Waals surface area contributed by atoms with Crippen molar-refractivity contribution in [3.63, 3.8) is 0 Å². The van der Waals surface area contributed by atoms with E-state index in [1.165, 1.54) is 0 Å². The number of hydrogen-bond donors (Lipinski definition) is 2. The van der Waals surface area contributed by atoms with E-state index < -0.39 is 5.97 Å². The highest BCUT2D eigenvalue weighted by molar-refractivity contribution is 5.88. The standard InChI is InChI=1S/C9H14N2O3/c1-13-3-2-4-14-9(12)8-5-7(10)6-11-8/h5-6,11H,2-4,10H2,1H3. The summed E-state index contributed by atoms with van der Waals surface area (Å²) in [4.78, 5) is 14.0. The minimum Gasteiger partial charge on any atom is -0.461 e. The molecule has 0 radical (unpaired) electrons. The maximum Gasteiger partial charge on any atom is 0.354 e. The second-order valence-electron chi connectivity index (χ2n) is 2.83. The van der Waals surface area contributed by atoms with Crippen molar-refractivity contribution in [3.05, 3.63) is 18.0 Å². The molecule has 0 aliphatic carbocycles. The van der Waals surface area contributed by atoms with Gasteiger partial charge in [-0.25, -0.2) is 4.79 Å². The lowest BCUT2D eigenvalue weighted by atomic mass is 10.4. The van der Waals surface area contributed by atoms with Crippen molar-refractivity contribution in [3.8, 4) is 0 Å². The van der Waals surface area contributed by atoms with Gasteiger partial charge in [0.2, 0.25) is 0 Å².